The predicted molar refractivity (Wildman–Crippen MR) is 63.4 cm³/mol. The second-order valence-corrected chi connectivity index (χ2v) is 4.08. The molecule has 1 N–H and O–H groups in total. The zero-order valence-corrected chi connectivity index (χ0v) is 9.88. The first kappa shape index (κ1) is 13.1. The van der Waals surface area contributed by atoms with E-state index in [0.29, 0.717) is 17.7 Å². The Morgan fingerprint density at radius 2 is 1.63 bits per heavy atom. The first-order valence-electron chi connectivity index (χ1n) is 5.39. The molecule has 5 heteroatoms. The summed E-state index contributed by atoms with van der Waals surface area (Å²) in [5.74, 6) is -4.18. The van der Waals surface area contributed by atoms with Crippen LogP contribution in [0.1, 0.15) is 15.9 Å². The third kappa shape index (κ3) is 2.45. The summed E-state index contributed by atoms with van der Waals surface area (Å²) in [5.41, 5.74) is 0.240. The molecule has 2 rings (SSSR count). The Bertz CT molecular complexity index is 643. The van der Waals surface area contributed by atoms with Crippen molar-refractivity contribution in [3.05, 3.63) is 58.9 Å². The van der Waals surface area contributed by atoms with Crippen LogP contribution in [0.4, 0.5) is 13.2 Å². The lowest BCUT2D eigenvalue weighted by Crippen LogP contribution is -1.99. The molecule has 2 aromatic carbocycles. The molecule has 0 amide bonds. The minimum absolute atomic E-state index is 0.0178. The molecule has 98 valence electrons. The summed E-state index contributed by atoms with van der Waals surface area (Å²) in [6.07, 6.45) is 0. The lowest BCUT2D eigenvalue weighted by atomic mass is 9.97. The van der Waals surface area contributed by atoms with E-state index in [4.69, 9.17) is 5.11 Å². The fourth-order valence-electron chi connectivity index (χ4n) is 1.88. The molecule has 0 bridgehead atoms. The van der Waals surface area contributed by atoms with Crippen LogP contribution in [-0.2, 0) is 0 Å². The maximum Gasteiger partial charge on any atom is 0.335 e. The van der Waals surface area contributed by atoms with Gasteiger partial charge in [0.15, 0.2) is 0 Å². The van der Waals surface area contributed by atoms with Crippen molar-refractivity contribution in [2.24, 2.45) is 0 Å². The fraction of sp³-hybridized carbons (Fsp3) is 0.0714. The molecule has 2 nitrogen and oxygen atoms in total. The van der Waals surface area contributed by atoms with E-state index < -0.39 is 23.4 Å². The molecule has 0 atom stereocenters. The Labute approximate surface area is 107 Å². The van der Waals surface area contributed by atoms with Crippen LogP contribution in [0.3, 0.4) is 0 Å². The minimum Gasteiger partial charge on any atom is -0.478 e. The maximum atomic E-state index is 13.6. The largest absolute Gasteiger partial charge is 0.478 e. The van der Waals surface area contributed by atoms with Gasteiger partial charge in [0.1, 0.15) is 17.5 Å². The summed E-state index contributed by atoms with van der Waals surface area (Å²) in [7, 11) is 0. The molecule has 2 aromatic rings. The summed E-state index contributed by atoms with van der Waals surface area (Å²) in [4.78, 5) is 10.8. The monoisotopic (exact) mass is 266 g/mol. The van der Waals surface area contributed by atoms with Crippen LogP contribution in [0.5, 0.6) is 0 Å². The number of carbonyl (C=O) groups is 1. The van der Waals surface area contributed by atoms with Gasteiger partial charge in [0.2, 0.25) is 0 Å². The van der Waals surface area contributed by atoms with Crippen LogP contribution in [0.2, 0.25) is 0 Å². The highest BCUT2D eigenvalue weighted by molar-refractivity contribution is 5.89. The molecular formula is C14H9F3O2. The highest BCUT2D eigenvalue weighted by Crippen LogP contribution is 2.30. The van der Waals surface area contributed by atoms with Crippen LogP contribution >= 0.6 is 0 Å². The van der Waals surface area contributed by atoms with Gasteiger partial charge in [-0.1, -0.05) is 6.07 Å². The van der Waals surface area contributed by atoms with Gasteiger partial charge in [0.05, 0.1) is 11.1 Å². The highest BCUT2D eigenvalue weighted by Gasteiger charge is 2.16. The Morgan fingerprint density at radius 3 is 2.11 bits per heavy atom. The van der Waals surface area contributed by atoms with Crippen molar-refractivity contribution in [2.45, 2.75) is 6.92 Å². The Balaban J connectivity index is 2.63. The molecule has 0 heterocycles. The molecule has 0 saturated carbocycles. The number of aromatic carboxylic acids is 1. The van der Waals surface area contributed by atoms with Gasteiger partial charge < -0.3 is 5.11 Å². The van der Waals surface area contributed by atoms with E-state index in [-0.39, 0.29) is 16.7 Å². The van der Waals surface area contributed by atoms with Gasteiger partial charge in [-0.15, -0.1) is 0 Å². The number of carboxylic acid groups (broad SMARTS) is 1. The second kappa shape index (κ2) is 4.76. The summed E-state index contributed by atoms with van der Waals surface area (Å²) >= 11 is 0. The van der Waals surface area contributed by atoms with E-state index in [1.54, 1.807) is 0 Å². The van der Waals surface area contributed by atoms with E-state index in [1.165, 1.54) is 25.1 Å². The molecule has 19 heavy (non-hydrogen) atoms. The van der Waals surface area contributed by atoms with Crippen LogP contribution in [0, 0.1) is 24.4 Å². The topological polar surface area (TPSA) is 37.3 Å². The molecule has 0 aliphatic carbocycles. The predicted octanol–water partition coefficient (Wildman–Crippen LogP) is 3.78. The van der Waals surface area contributed by atoms with Gasteiger partial charge in [-0.05, 0) is 30.2 Å². The van der Waals surface area contributed by atoms with Crippen molar-refractivity contribution in [1.82, 2.24) is 0 Å². The fourth-order valence-corrected chi connectivity index (χ4v) is 1.88. The first-order valence-corrected chi connectivity index (χ1v) is 5.39. The normalized spacial score (nSPS) is 10.5. The van der Waals surface area contributed by atoms with Crippen molar-refractivity contribution in [2.75, 3.05) is 0 Å². The number of benzene rings is 2. The zero-order chi connectivity index (χ0) is 14.2. The average Bonchev–Trinajstić information content (AvgIpc) is 2.29. The molecule has 0 fully saturated rings. The number of halogens is 3. The summed E-state index contributed by atoms with van der Waals surface area (Å²) < 4.78 is 40.1. The quantitative estimate of drug-likeness (QED) is 0.898. The Kier molecular flexibility index (Phi) is 3.29. The van der Waals surface area contributed by atoms with E-state index in [2.05, 4.69) is 0 Å². The van der Waals surface area contributed by atoms with Crippen LogP contribution in [0.15, 0.2) is 30.3 Å². The third-order valence-electron chi connectivity index (χ3n) is 2.75. The summed E-state index contributed by atoms with van der Waals surface area (Å²) in [5, 5.41) is 8.82. The summed E-state index contributed by atoms with van der Waals surface area (Å²) in [6, 6.07) is 5.02. The molecule has 0 spiro atoms. The van der Waals surface area contributed by atoms with Crippen molar-refractivity contribution in [3.63, 3.8) is 0 Å². The smallest absolute Gasteiger partial charge is 0.335 e. The number of hydrogen-bond acceptors (Lipinski definition) is 1. The van der Waals surface area contributed by atoms with Gasteiger partial charge in [0, 0.05) is 12.1 Å². The first-order chi connectivity index (χ1) is 8.90. The SMILES string of the molecule is Cc1cc(C(=O)O)ccc1-c1c(F)cc(F)cc1F. The Hall–Kier alpha value is -2.30. The highest BCUT2D eigenvalue weighted by atomic mass is 19.1. The van der Waals surface area contributed by atoms with E-state index in [0.717, 1.165) is 0 Å². The number of rotatable bonds is 2. The second-order valence-electron chi connectivity index (χ2n) is 4.08. The maximum absolute atomic E-state index is 13.6. The molecule has 0 aliphatic heterocycles. The average molecular weight is 266 g/mol. The van der Waals surface area contributed by atoms with Gasteiger partial charge in [-0.2, -0.15) is 0 Å². The third-order valence-corrected chi connectivity index (χ3v) is 2.75. The minimum atomic E-state index is -1.13. The van der Waals surface area contributed by atoms with Crippen molar-refractivity contribution < 1.29 is 23.1 Å². The molecule has 0 saturated heterocycles. The molecule has 0 aliphatic rings. The van der Waals surface area contributed by atoms with Gasteiger partial charge >= 0.3 is 5.97 Å². The molecular weight excluding hydrogens is 257 g/mol. The van der Waals surface area contributed by atoms with Gasteiger partial charge in [-0.3, -0.25) is 0 Å². The molecule has 0 unspecified atom stereocenters. The van der Waals surface area contributed by atoms with Crippen molar-refractivity contribution >= 4 is 5.97 Å². The van der Waals surface area contributed by atoms with Crippen molar-refractivity contribution in [3.8, 4) is 11.1 Å². The van der Waals surface area contributed by atoms with Crippen LogP contribution in [-0.4, -0.2) is 11.1 Å². The molecule has 0 aromatic heterocycles. The lowest BCUT2D eigenvalue weighted by molar-refractivity contribution is 0.0697. The van der Waals surface area contributed by atoms with Crippen LogP contribution in [0.25, 0.3) is 11.1 Å². The lowest BCUT2D eigenvalue weighted by Gasteiger charge is -2.09. The van der Waals surface area contributed by atoms with E-state index in [1.807, 2.05) is 0 Å². The number of hydrogen-bond donors (Lipinski definition) is 1. The Morgan fingerprint density at radius 1 is 1.05 bits per heavy atom. The molecule has 0 radical (unpaired) electrons. The van der Waals surface area contributed by atoms with Gasteiger partial charge in [-0.25, -0.2) is 18.0 Å². The van der Waals surface area contributed by atoms with Crippen LogP contribution < -0.4 is 0 Å². The van der Waals surface area contributed by atoms with E-state index in [9.17, 15) is 18.0 Å². The standard InChI is InChI=1S/C14H9F3O2/c1-7-4-8(14(18)19)2-3-10(7)13-11(16)5-9(15)6-12(13)17/h2-6H,1H3,(H,18,19). The number of carboxylic acids is 1. The number of aryl methyl sites for hydroxylation is 1. The van der Waals surface area contributed by atoms with E-state index >= 15 is 0 Å². The zero-order valence-electron chi connectivity index (χ0n) is 9.88. The van der Waals surface area contributed by atoms with Gasteiger partial charge in [0.25, 0.3) is 0 Å². The summed E-state index contributed by atoms with van der Waals surface area (Å²) in [6.45, 7) is 1.53. The van der Waals surface area contributed by atoms with Crippen molar-refractivity contribution in [1.29, 1.82) is 0 Å².